The van der Waals surface area contributed by atoms with Gasteiger partial charge in [-0.05, 0) is 60.8 Å². The number of benzene rings is 2. The lowest BCUT2D eigenvalue weighted by Crippen LogP contribution is -2.10. The van der Waals surface area contributed by atoms with Gasteiger partial charge in [-0.2, -0.15) is 0 Å². The van der Waals surface area contributed by atoms with Crippen molar-refractivity contribution in [2.24, 2.45) is 0 Å². The van der Waals surface area contributed by atoms with Gasteiger partial charge in [0.2, 0.25) is 0 Å². The number of carbonyl (C=O) groups is 3. The van der Waals surface area contributed by atoms with Crippen LogP contribution in [0.2, 0.25) is 0 Å². The van der Waals surface area contributed by atoms with Crippen LogP contribution < -0.4 is 0 Å². The van der Waals surface area contributed by atoms with Crippen LogP contribution in [0.15, 0.2) is 48.5 Å². The van der Waals surface area contributed by atoms with Crippen molar-refractivity contribution >= 4 is 17.9 Å². The Balaban J connectivity index is 1.64. The molecule has 0 saturated carbocycles. The van der Waals surface area contributed by atoms with E-state index in [9.17, 15) is 14.4 Å². The Morgan fingerprint density at radius 2 is 0.895 bits per heavy atom. The summed E-state index contributed by atoms with van der Waals surface area (Å²) in [4.78, 5) is 35.2. The second-order valence-electron chi connectivity index (χ2n) is 9.29. The van der Waals surface area contributed by atoms with Crippen molar-refractivity contribution in [3.63, 3.8) is 0 Å². The molecule has 0 radical (unpaired) electrons. The molecule has 0 spiro atoms. The zero-order valence-electron chi connectivity index (χ0n) is 22.9. The van der Waals surface area contributed by atoms with Crippen molar-refractivity contribution in [2.75, 3.05) is 33.5 Å². The van der Waals surface area contributed by atoms with E-state index in [1.165, 1.54) is 0 Å². The molecule has 0 unspecified atom stereocenters. The summed E-state index contributed by atoms with van der Waals surface area (Å²) in [5.41, 5.74) is 4.13. The molecular weight excluding hydrogens is 484 g/mol. The number of rotatable bonds is 19. The fraction of sp³-hybridized carbons (Fsp3) is 0.516. The second-order valence-corrected chi connectivity index (χ2v) is 9.29. The summed E-state index contributed by atoms with van der Waals surface area (Å²) in [7, 11) is 1.71. The summed E-state index contributed by atoms with van der Waals surface area (Å²) in [6.45, 7) is 3.68. The molecule has 0 heterocycles. The van der Waals surface area contributed by atoms with Gasteiger partial charge in [0.25, 0.3) is 0 Å². The SMILES string of the molecule is CCC(=O)OCCCCOC(=O)Cc1ccc(Cc2ccc(CC(=O)OCCCCCCOC)cc2)cc1. The monoisotopic (exact) mass is 526 g/mol. The lowest BCUT2D eigenvalue weighted by atomic mass is 10.0. The number of esters is 3. The summed E-state index contributed by atoms with van der Waals surface area (Å²) in [6, 6.07) is 15.9. The maximum atomic E-state index is 12.1. The van der Waals surface area contributed by atoms with Crippen molar-refractivity contribution in [3.8, 4) is 0 Å². The molecule has 38 heavy (non-hydrogen) atoms. The minimum Gasteiger partial charge on any atom is -0.466 e. The quantitative estimate of drug-likeness (QED) is 0.138. The van der Waals surface area contributed by atoms with E-state index in [2.05, 4.69) is 0 Å². The van der Waals surface area contributed by atoms with Crippen LogP contribution in [0.4, 0.5) is 0 Å². The van der Waals surface area contributed by atoms with Gasteiger partial charge in [-0.25, -0.2) is 0 Å². The normalized spacial score (nSPS) is 10.7. The van der Waals surface area contributed by atoms with Crippen molar-refractivity contribution in [3.05, 3.63) is 70.8 Å². The predicted octanol–water partition coefficient (Wildman–Crippen LogP) is 5.39. The van der Waals surface area contributed by atoms with E-state index >= 15 is 0 Å². The van der Waals surface area contributed by atoms with Crippen molar-refractivity contribution in [2.45, 2.75) is 71.1 Å². The van der Waals surface area contributed by atoms with Gasteiger partial charge in [0.15, 0.2) is 0 Å². The smallest absolute Gasteiger partial charge is 0.310 e. The maximum absolute atomic E-state index is 12.1. The van der Waals surface area contributed by atoms with Gasteiger partial charge in [-0.15, -0.1) is 0 Å². The van der Waals surface area contributed by atoms with Crippen LogP contribution >= 0.6 is 0 Å². The lowest BCUT2D eigenvalue weighted by Gasteiger charge is -2.08. The average Bonchev–Trinajstić information content (AvgIpc) is 2.92. The molecule has 7 heteroatoms. The van der Waals surface area contributed by atoms with Crippen LogP contribution in [-0.2, 0) is 52.6 Å². The van der Waals surface area contributed by atoms with Crippen LogP contribution in [0.1, 0.15) is 74.1 Å². The molecule has 0 N–H and O–H groups in total. The molecule has 0 atom stereocenters. The highest BCUT2D eigenvalue weighted by Crippen LogP contribution is 2.14. The Morgan fingerprint density at radius 1 is 0.526 bits per heavy atom. The van der Waals surface area contributed by atoms with Gasteiger partial charge in [0, 0.05) is 20.1 Å². The van der Waals surface area contributed by atoms with Crippen LogP contribution in [0.5, 0.6) is 0 Å². The maximum Gasteiger partial charge on any atom is 0.310 e. The predicted molar refractivity (Wildman–Crippen MR) is 146 cm³/mol. The third kappa shape index (κ3) is 13.9. The van der Waals surface area contributed by atoms with E-state index in [4.69, 9.17) is 18.9 Å². The van der Waals surface area contributed by atoms with Crippen LogP contribution in [0.25, 0.3) is 0 Å². The lowest BCUT2D eigenvalue weighted by molar-refractivity contribution is -0.145. The molecule has 0 aliphatic heterocycles. The molecule has 0 fully saturated rings. The number of hydrogen-bond acceptors (Lipinski definition) is 7. The summed E-state index contributed by atoms with van der Waals surface area (Å²) in [5.74, 6) is -0.670. The average molecular weight is 527 g/mol. The molecule has 7 nitrogen and oxygen atoms in total. The molecule has 0 aliphatic rings. The zero-order valence-corrected chi connectivity index (χ0v) is 22.9. The molecule has 0 saturated heterocycles. The summed E-state index contributed by atoms with van der Waals surface area (Å²) >= 11 is 0. The Kier molecular flexibility index (Phi) is 15.5. The van der Waals surface area contributed by atoms with Crippen LogP contribution in [-0.4, -0.2) is 51.4 Å². The highest BCUT2D eigenvalue weighted by molar-refractivity contribution is 5.73. The van der Waals surface area contributed by atoms with Crippen LogP contribution in [0, 0.1) is 0 Å². The molecule has 208 valence electrons. The fourth-order valence-electron chi connectivity index (χ4n) is 3.79. The molecule has 0 aromatic heterocycles. The van der Waals surface area contributed by atoms with Gasteiger partial charge in [0.05, 0.1) is 32.7 Å². The van der Waals surface area contributed by atoms with E-state index in [-0.39, 0.29) is 30.7 Å². The summed E-state index contributed by atoms with van der Waals surface area (Å²) in [6.07, 6.45) is 7.03. The number of unbranched alkanes of at least 4 members (excludes halogenated alkanes) is 4. The first-order valence-corrected chi connectivity index (χ1v) is 13.6. The highest BCUT2D eigenvalue weighted by Gasteiger charge is 2.07. The van der Waals surface area contributed by atoms with Crippen LogP contribution in [0.3, 0.4) is 0 Å². The number of hydrogen-bond donors (Lipinski definition) is 0. The molecule has 0 aliphatic carbocycles. The minimum absolute atomic E-state index is 0.193. The van der Waals surface area contributed by atoms with E-state index in [1.807, 2.05) is 48.5 Å². The highest BCUT2D eigenvalue weighted by atomic mass is 16.5. The van der Waals surface area contributed by atoms with Crippen molar-refractivity contribution in [1.82, 2.24) is 0 Å². The third-order valence-corrected chi connectivity index (χ3v) is 6.01. The topological polar surface area (TPSA) is 88.1 Å². The first-order chi connectivity index (χ1) is 18.5. The van der Waals surface area contributed by atoms with E-state index in [1.54, 1.807) is 14.0 Å². The van der Waals surface area contributed by atoms with Gasteiger partial charge in [-0.3, -0.25) is 14.4 Å². The Bertz CT molecular complexity index is 951. The van der Waals surface area contributed by atoms with Crippen molar-refractivity contribution < 1.29 is 33.3 Å². The minimum atomic E-state index is -0.264. The van der Waals surface area contributed by atoms with Gasteiger partial charge in [0.1, 0.15) is 0 Å². The fourth-order valence-corrected chi connectivity index (χ4v) is 3.79. The largest absolute Gasteiger partial charge is 0.466 e. The molecular formula is C31H42O7. The second kappa shape index (κ2) is 19.0. The number of ether oxygens (including phenoxy) is 4. The molecule has 0 bridgehead atoms. The van der Waals surface area contributed by atoms with E-state index in [0.29, 0.717) is 39.1 Å². The third-order valence-electron chi connectivity index (χ3n) is 6.01. The van der Waals surface area contributed by atoms with Gasteiger partial charge < -0.3 is 18.9 Å². The molecule has 2 aromatic rings. The summed E-state index contributed by atoms with van der Waals surface area (Å²) < 4.78 is 20.6. The first-order valence-electron chi connectivity index (χ1n) is 13.6. The van der Waals surface area contributed by atoms with Gasteiger partial charge in [-0.1, -0.05) is 61.9 Å². The Hall–Kier alpha value is -3.19. The molecule has 2 aromatic carbocycles. The van der Waals surface area contributed by atoms with E-state index < -0.39 is 0 Å². The zero-order chi connectivity index (χ0) is 27.4. The summed E-state index contributed by atoms with van der Waals surface area (Å²) in [5, 5.41) is 0. The molecule has 2 rings (SSSR count). The molecule has 0 amide bonds. The first kappa shape index (κ1) is 31.0. The standard InChI is InChI=1S/C31H42O7/c1-3-29(32)36-20-8-9-21-38-31(34)24-28-16-12-26(13-17-28)22-25-10-14-27(15-11-25)23-30(33)37-19-7-5-4-6-18-35-2/h10-17H,3-9,18-24H2,1-2H3. The Morgan fingerprint density at radius 3 is 1.32 bits per heavy atom. The van der Waals surface area contributed by atoms with Gasteiger partial charge >= 0.3 is 17.9 Å². The Labute approximate surface area is 226 Å². The van der Waals surface area contributed by atoms with Crippen molar-refractivity contribution in [1.29, 1.82) is 0 Å². The number of carbonyl (C=O) groups excluding carboxylic acids is 3. The van der Waals surface area contributed by atoms with E-state index in [0.717, 1.165) is 61.0 Å². The number of methoxy groups -OCH3 is 1.